The quantitative estimate of drug-likeness (QED) is 0.530. The van der Waals surface area contributed by atoms with Crippen LogP contribution in [0, 0.1) is 11.6 Å². The van der Waals surface area contributed by atoms with Crippen molar-refractivity contribution in [3.05, 3.63) is 94.9 Å². The number of benzene rings is 1. The van der Waals surface area contributed by atoms with Gasteiger partial charge in [0.1, 0.15) is 11.6 Å². The van der Waals surface area contributed by atoms with E-state index in [0.717, 1.165) is 31.2 Å². The first-order valence-electron chi connectivity index (χ1n) is 11.0. The fraction of sp³-hybridized carbons (Fsp3) is 0.240. The normalized spacial score (nSPS) is 17.0. The summed E-state index contributed by atoms with van der Waals surface area (Å²) in [5, 5.41) is 0. The second kappa shape index (κ2) is 9.91. The molecule has 4 rings (SSSR count). The van der Waals surface area contributed by atoms with E-state index in [9.17, 15) is 17.2 Å². The Kier molecular flexibility index (Phi) is 6.93. The van der Waals surface area contributed by atoms with Crippen LogP contribution in [0.25, 0.3) is 17.0 Å². The lowest BCUT2D eigenvalue weighted by molar-refractivity contribution is 0.575. The minimum Gasteiger partial charge on any atom is -0.401 e. The summed E-state index contributed by atoms with van der Waals surface area (Å²) >= 11 is 0. The molecule has 1 aliphatic carbocycles. The van der Waals surface area contributed by atoms with E-state index in [4.69, 9.17) is 16.5 Å². The molecule has 3 aromatic rings. The molecule has 0 saturated carbocycles. The number of pyridine rings is 1. The molecule has 0 saturated heterocycles. The zero-order valence-corrected chi connectivity index (χ0v) is 19.9. The van der Waals surface area contributed by atoms with Crippen LogP contribution in [0.5, 0.6) is 0 Å². The average Bonchev–Trinajstić information content (AvgIpc) is 2.80. The van der Waals surface area contributed by atoms with Gasteiger partial charge in [-0.1, -0.05) is 6.07 Å². The Balaban J connectivity index is 1.63. The molecule has 0 bridgehead atoms. The SMILES string of the molecule is CS(=O)(=O)Cc1ccc(-c2cncc(C3CCCC(/C=C(\N)c4c(F)cccc4F)=C3N)n2)cn1. The van der Waals surface area contributed by atoms with Gasteiger partial charge in [-0.2, -0.15) is 0 Å². The van der Waals surface area contributed by atoms with Crippen molar-refractivity contribution in [2.75, 3.05) is 6.26 Å². The molecule has 0 spiro atoms. The Labute approximate surface area is 202 Å². The summed E-state index contributed by atoms with van der Waals surface area (Å²) in [7, 11) is -3.18. The monoisotopic (exact) mass is 497 g/mol. The molecule has 35 heavy (non-hydrogen) atoms. The van der Waals surface area contributed by atoms with Crippen molar-refractivity contribution >= 4 is 15.5 Å². The third kappa shape index (κ3) is 5.71. The van der Waals surface area contributed by atoms with E-state index >= 15 is 0 Å². The largest absolute Gasteiger partial charge is 0.401 e. The van der Waals surface area contributed by atoms with Crippen LogP contribution < -0.4 is 11.5 Å². The Morgan fingerprint density at radius 1 is 1.14 bits per heavy atom. The highest BCUT2D eigenvalue weighted by Gasteiger charge is 2.24. The van der Waals surface area contributed by atoms with E-state index in [1.54, 1.807) is 30.7 Å². The van der Waals surface area contributed by atoms with Crippen LogP contribution in [-0.4, -0.2) is 29.6 Å². The summed E-state index contributed by atoms with van der Waals surface area (Å²) in [4.78, 5) is 13.2. The van der Waals surface area contributed by atoms with Crippen molar-refractivity contribution in [2.45, 2.75) is 30.9 Å². The predicted octanol–water partition coefficient (Wildman–Crippen LogP) is 3.84. The maximum absolute atomic E-state index is 14.1. The minimum absolute atomic E-state index is 0.0284. The first kappa shape index (κ1) is 24.5. The molecule has 7 nitrogen and oxygen atoms in total. The van der Waals surface area contributed by atoms with Crippen molar-refractivity contribution in [3.8, 4) is 11.3 Å². The molecular formula is C25H25F2N5O2S. The zero-order valence-electron chi connectivity index (χ0n) is 19.1. The number of halogens is 2. The summed E-state index contributed by atoms with van der Waals surface area (Å²) in [5.41, 5.74) is 15.8. The van der Waals surface area contributed by atoms with Gasteiger partial charge in [-0.25, -0.2) is 22.2 Å². The lowest BCUT2D eigenvalue weighted by atomic mass is 9.84. The summed E-state index contributed by atoms with van der Waals surface area (Å²) in [6.45, 7) is 0. The van der Waals surface area contributed by atoms with E-state index < -0.39 is 21.5 Å². The maximum atomic E-state index is 14.1. The van der Waals surface area contributed by atoms with Gasteiger partial charge in [-0.05, 0) is 55.2 Å². The van der Waals surface area contributed by atoms with Crippen molar-refractivity contribution < 1.29 is 17.2 Å². The van der Waals surface area contributed by atoms with Gasteiger partial charge in [0.25, 0.3) is 0 Å². The molecule has 1 aliphatic rings. The highest BCUT2D eigenvalue weighted by molar-refractivity contribution is 7.89. The van der Waals surface area contributed by atoms with Gasteiger partial charge in [0.2, 0.25) is 0 Å². The number of nitrogens with zero attached hydrogens (tertiary/aromatic N) is 3. The number of sulfone groups is 1. The number of nitrogens with two attached hydrogens (primary N) is 2. The molecule has 0 amide bonds. The van der Waals surface area contributed by atoms with Crippen LogP contribution in [0.15, 0.2) is 66.3 Å². The highest BCUT2D eigenvalue weighted by Crippen LogP contribution is 2.36. The van der Waals surface area contributed by atoms with E-state index in [0.29, 0.717) is 40.3 Å². The predicted molar refractivity (Wildman–Crippen MR) is 130 cm³/mol. The van der Waals surface area contributed by atoms with Crippen molar-refractivity contribution in [2.24, 2.45) is 11.5 Å². The molecule has 1 aromatic carbocycles. The third-order valence-electron chi connectivity index (χ3n) is 5.81. The lowest BCUT2D eigenvalue weighted by Gasteiger charge is -2.25. The highest BCUT2D eigenvalue weighted by atomic mass is 32.2. The molecule has 2 heterocycles. The van der Waals surface area contributed by atoms with Crippen LogP contribution in [0.2, 0.25) is 0 Å². The van der Waals surface area contributed by atoms with Crippen LogP contribution >= 0.6 is 0 Å². The molecule has 0 radical (unpaired) electrons. The van der Waals surface area contributed by atoms with Gasteiger partial charge < -0.3 is 11.5 Å². The van der Waals surface area contributed by atoms with Gasteiger partial charge in [0, 0.05) is 41.5 Å². The first-order valence-corrected chi connectivity index (χ1v) is 13.0. The number of allylic oxidation sites excluding steroid dienone is 3. The zero-order chi connectivity index (χ0) is 25.2. The fourth-order valence-corrected chi connectivity index (χ4v) is 4.84. The Morgan fingerprint density at radius 3 is 2.54 bits per heavy atom. The van der Waals surface area contributed by atoms with Gasteiger partial charge in [-0.15, -0.1) is 0 Å². The van der Waals surface area contributed by atoms with Crippen molar-refractivity contribution in [1.29, 1.82) is 0 Å². The number of aromatic nitrogens is 3. The third-order valence-corrected chi connectivity index (χ3v) is 6.63. The van der Waals surface area contributed by atoms with E-state index in [2.05, 4.69) is 9.97 Å². The van der Waals surface area contributed by atoms with Crippen molar-refractivity contribution in [3.63, 3.8) is 0 Å². The average molecular weight is 498 g/mol. The fourth-order valence-electron chi connectivity index (χ4n) is 4.13. The van der Waals surface area contributed by atoms with Crippen LogP contribution in [0.4, 0.5) is 8.78 Å². The number of rotatable bonds is 6. The smallest absolute Gasteiger partial charge is 0.153 e. The van der Waals surface area contributed by atoms with E-state index in [1.807, 2.05) is 0 Å². The molecule has 0 fully saturated rings. The Hall–Kier alpha value is -3.66. The van der Waals surface area contributed by atoms with E-state index in [-0.39, 0.29) is 22.9 Å². The van der Waals surface area contributed by atoms with Crippen LogP contribution in [0.3, 0.4) is 0 Å². The molecule has 182 valence electrons. The maximum Gasteiger partial charge on any atom is 0.153 e. The van der Waals surface area contributed by atoms with Gasteiger partial charge in [0.05, 0.1) is 34.6 Å². The second-order valence-electron chi connectivity index (χ2n) is 8.56. The van der Waals surface area contributed by atoms with Gasteiger partial charge in [0.15, 0.2) is 9.84 Å². The standard InChI is InChI=1S/C25H25F2N5O2S/c1-35(33,34)14-17-9-8-16(11-31-17)22-12-30-13-23(32-22)18-5-2-4-15(25(18)29)10-21(28)24-19(26)6-3-7-20(24)27/h3,6-13,18H,2,4-5,14,28-29H2,1H3/b21-10-. The topological polar surface area (TPSA) is 125 Å². The summed E-state index contributed by atoms with van der Waals surface area (Å²) in [5.74, 6) is -1.85. The van der Waals surface area contributed by atoms with E-state index in [1.165, 1.54) is 12.1 Å². The molecule has 0 aliphatic heterocycles. The number of hydrogen-bond acceptors (Lipinski definition) is 7. The van der Waals surface area contributed by atoms with Crippen LogP contribution in [0.1, 0.15) is 42.1 Å². The second-order valence-corrected chi connectivity index (χ2v) is 10.7. The van der Waals surface area contributed by atoms with Crippen molar-refractivity contribution in [1.82, 2.24) is 15.0 Å². The molecule has 4 N–H and O–H groups in total. The Bertz CT molecular complexity index is 1400. The molecular weight excluding hydrogens is 472 g/mol. The molecule has 1 unspecified atom stereocenters. The molecule has 2 aromatic heterocycles. The molecule has 10 heteroatoms. The summed E-state index contributed by atoms with van der Waals surface area (Å²) < 4.78 is 51.3. The van der Waals surface area contributed by atoms with Crippen LogP contribution in [-0.2, 0) is 15.6 Å². The minimum atomic E-state index is -3.18. The number of hydrogen-bond donors (Lipinski definition) is 2. The summed E-state index contributed by atoms with van der Waals surface area (Å²) in [6, 6.07) is 6.99. The first-order chi connectivity index (χ1) is 16.6. The van der Waals surface area contributed by atoms with Gasteiger partial charge in [-0.3, -0.25) is 9.97 Å². The van der Waals surface area contributed by atoms with Gasteiger partial charge >= 0.3 is 0 Å². The summed E-state index contributed by atoms with van der Waals surface area (Å²) in [6.07, 6.45) is 9.63. The molecule has 1 atom stereocenters. The lowest BCUT2D eigenvalue weighted by Crippen LogP contribution is -2.19. The Morgan fingerprint density at radius 2 is 1.89 bits per heavy atom.